The molecule has 3 nitrogen and oxygen atoms in total. The van der Waals surface area contributed by atoms with Crippen LogP contribution in [0.5, 0.6) is 0 Å². The Kier molecular flexibility index (Phi) is 7.40. The molecule has 0 unspecified atom stereocenters. The summed E-state index contributed by atoms with van der Waals surface area (Å²) in [5, 5.41) is -0.183. The molecule has 0 saturated heterocycles. The van der Waals surface area contributed by atoms with E-state index in [1.165, 1.54) is 16.4 Å². The molecule has 120 valence electrons. The van der Waals surface area contributed by atoms with Crippen molar-refractivity contribution in [3.63, 3.8) is 0 Å². The first-order valence-corrected chi connectivity index (χ1v) is 9.84. The quantitative estimate of drug-likeness (QED) is 0.473. The Hall–Kier alpha value is 0.120. The lowest BCUT2D eigenvalue weighted by atomic mass is 10.2. The molecule has 0 fully saturated rings. The number of hydrogen-bond donors (Lipinski definition) is 0. The van der Waals surface area contributed by atoms with Gasteiger partial charge < -0.3 is 0 Å². The van der Waals surface area contributed by atoms with Crippen LogP contribution in [-0.4, -0.2) is 30.6 Å². The highest BCUT2D eigenvalue weighted by Crippen LogP contribution is 2.32. The van der Waals surface area contributed by atoms with Crippen LogP contribution in [0.4, 0.5) is 4.39 Å². The smallest absolute Gasteiger partial charge is 0.207 e. The maximum atomic E-state index is 13.8. The van der Waals surface area contributed by atoms with Crippen molar-refractivity contribution in [2.24, 2.45) is 0 Å². The lowest BCUT2D eigenvalue weighted by molar-refractivity contribution is 0.317. The second-order valence-corrected chi connectivity index (χ2v) is 7.89. The van der Waals surface area contributed by atoms with E-state index in [1.807, 2.05) is 13.8 Å². The van der Waals surface area contributed by atoms with Crippen LogP contribution in [0.2, 0.25) is 10.0 Å². The van der Waals surface area contributed by atoms with Gasteiger partial charge >= 0.3 is 0 Å². The van der Waals surface area contributed by atoms with Crippen molar-refractivity contribution in [3.05, 3.63) is 28.0 Å². The summed E-state index contributed by atoms with van der Waals surface area (Å²) < 4.78 is 40.7. The summed E-state index contributed by atoms with van der Waals surface area (Å²) in [6, 6.07) is 2.28. The Morgan fingerprint density at radius 1 is 1.29 bits per heavy atom. The number of alkyl halides is 1. The minimum absolute atomic E-state index is 0.164. The standard InChI is InChI=1S/C13H17BrCl2FNO2S/c1-3-9(4-2)18(8-7-14)21(19,20)11-6-5-10(15)13(17)12(11)16/h5-6,9H,3-4,7-8H2,1-2H3. The van der Waals surface area contributed by atoms with E-state index in [-0.39, 0.29) is 22.5 Å². The fraction of sp³-hybridized carbons (Fsp3) is 0.538. The molecule has 0 aliphatic carbocycles. The average Bonchev–Trinajstić information content (AvgIpc) is 2.44. The molecule has 0 spiro atoms. The van der Waals surface area contributed by atoms with Crippen molar-refractivity contribution < 1.29 is 12.8 Å². The molecule has 8 heteroatoms. The van der Waals surface area contributed by atoms with Crippen LogP contribution in [0.1, 0.15) is 26.7 Å². The van der Waals surface area contributed by atoms with Crippen molar-refractivity contribution in [2.45, 2.75) is 37.6 Å². The Morgan fingerprint density at radius 3 is 2.33 bits per heavy atom. The van der Waals surface area contributed by atoms with E-state index in [4.69, 9.17) is 23.2 Å². The normalized spacial score (nSPS) is 12.4. The van der Waals surface area contributed by atoms with Gasteiger partial charge in [-0.15, -0.1) is 0 Å². The van der Waals surface area contributed by atoms with Crippen LogP contribution >= 0.6 is 39.1 Å². The molecule has 0 saturated carbocycles. The molecule has 1 rings (SSSR count). The lowest BCUT2D eigenvalue weighted by Gasteiger charge is -2.29. The van der Waals surface area contributed by atoms with Crippen LogP contribution in [0, 0.1) is 5.82 Å². The number of hydrogen-bond acceptors (Lipinski definition) is 2. The fourth-order valence-corrected chi connectivity index (χ4v) is 5.22. The van der Waals surface area contributed by atoms with E-state index in [0.717, 1.165) is 0 Å². The van der Waals surface area contributed by atoms with Gasteiger partial charge in [-0.1, -0.05) is 53.0 Å². The van der Waals surface area contributed by atoms with Crippen LogP contribution in [0.3, 0.4) is 0 Å². The third-order valence-corrected chi connectivity index (χ3v) is 6.36. The zero-order chi connectivity index (χ0) is 16.2. The van der Waals surface area contributed by atoms with E-state index >= 15 is 0 Å². The van der Waals surface area contributed by atoms with Gasteiger partial charge in [0.25, 0.3) is 0 Å². The van der Waals surface area contributed by atoms with Crippen LogP contribution in [0.25, 0.3) is 0 Å². The van der Waals surface area contributed by atoms with Crippen molar-refractivity contribution in [2.75, 3.05) is 11.9 Å². The van der Waals surface area contributed by atoms with Gasteiger partial charge in [-0.2, -0.15) is 4.31 Å². The van der Waals surface area contributed by atoms with E-state index in [0.29, 0.717) is 18.2 Å². The summed E-state index contributed by atoms with van der Waals surface area (Å²) in [5.74, 6) is -0.914. The third-order valence-electron chi connectivity index (χ3n) is 3.24. The van der Waals surface area contributed by atoms with Crippen molar-refractivity contribution in [1.29, 1.82) is 0 Å². The summed E-state index contributed by atoms with van der Waals surface area (Å²) >= 11 is 14.7. The molecule has 0 bridgehead atoms. The largest absolute Gasteiger partial charge is 0.244 e. The first kappa shape index (κ1) is 19.2. The monoisotopic (exact) mass is 419 g/mol. The number of benzene rings is 1. The first-order chi connectivity index (χ1) is 9.81. The number of nitrogens with zero attached hydrogens (tertiary/aromatic N) is 1. The zero-order valence-electron chi connectivity index (χ0n) is 11.7. The second kappa shape index (κ2) is 8.11. The Morgan fingerprint density at radius 2 is 1.86 bits per heavy atom. The molecule has 1 aromatic carbocycles. The summed E-state index contributed by atoms with van der Waals surface area (Å²) in [7, 11) is -3.88. The van der Waals surface area contributed by atoms with Gasteiger partial charge in [-0.3, -0.25) is 0 Å². The minimum atomic E-state index is -3.88. The summed E-state index contributed by atoms with van der Waals surface area (Å²) in [5.41, 5.74) is 0. The Bertz CT molecular complexity index is 594. The van der Waals surface area contributed by atoms with E-state index < -0.39 is 20.9 Å². The van der Waals surface area contributed by atoms with Crippen LogP contribution in [0.15, 0.2) is 17.0 Å². The first-order valence-electron chi connectivity index (χ1n) is 6.52. The number of rotatable bonds is 7. The predicted molar refractivity (Wildman–Crippen MR) is 88.5 cm³/mol. The van der Waals surface area contributed by atoms with Gasteiger partial charge in [-0.25, -0.2) is 12.8 Å². The highest BCUT2D eigenvalue weighted by atomic mass is 79.9. The van der Waals surface area contributed by atoms with Gasteiger partial charge in [0.2, 0.25) is 10.0 Å². The van der Waals surface area contributed by atoms with Crippen LogP contribution < -0.4 is 0 Å². The molecular weight excluding hydrogens is 404 g/mol. The van der Waals surface area contributed by atoms with E-state index in [1.54, 1.807) is 0 Å². The molecule has 0 radical (unpaired) electrons. The van der Waals surface area contributed by atoms with Crippen LogP contribution in [-0.2, 0) is 10.0 Å². The SMILES string of the molecule is CCC(CC)N(CCBr)S(=O)(=O)c1ccc(Cl)c(F)c1Cl. The molecule has 21 heavy (non-hydrogen) atoms. The van der Waals surface area contributed by atoms with Crippen molar-refractivity contribution in [1.82, 2.24) is 4.31 Å². The zero-order valence-corrected chi connectivity index (χ0v) is 15.7. The highest BCUT2D eigenvalue weighted by molar-refractivity contribution is 9.09. The lowest BCUT2D eigenvalue weighted by Crippen LogP contribution is -2.41. The Balaban J connectivity index is 3.39. The minimum Gasteiger partial charge on any atom is -0.207 e. The number of halogens is 4. The molecule has 0 aliphatic heterocycles. The number of sulfonamides is 1. The molecule has 1 aromatic rings. The van der Waals surface area contributed by atoms with Gasteiger partial charge in [0.15, 0.2) is 5.82 Å². The molecule has 0 aliphatic rings. The molecule has 0 aromatic heterocycles. The fourth-order valence-electron chi connectivity index (χ4n) is 2.11. The maximum Gasteiger partial charge on any atom is 0.244 e. The summed E-state index contributed by atoms with van der Waals surface area (Å²) in [4.78, 5) is -0.251. The predicted octanol–water partition coefficient (Wildman–Crippen LogP) is 4.71. The van der Waals surface area contributed by atoms with E-state index in [2.05, 4.69) is 15.9 Å². The Labute approximate surface area is 143 Å². The molecule has 0 atom stereocenters. The molecule has 0 amide bonds. The highest BCUT2D eigenvalue weighted by Gasteiger charge is 2.32. The van der Waals surface area contributed by atoms with E-state index in [9.17, 15) is 12.8 Å². The van der Waals surface area contributed by atoms with Gasteiger partial charge in [-0.05, 0) is 25.0 Å². The molecule has 0 N–H and O–H groups in total. The van der Waals surface area contributed by atoms with Crippen molar-refractivity contribution >= 4 is 49.2 Å². The maximum absolute atomic E-state index is 13.8. The summed E-state index contributed by atoms with van der Waals surface area (Å²) in [6.07, 6.45) is 1.33. The van der Waals surface area contributed by atoms with Crippen molar-refractivity contribution in [3.8, 4) is 0 Å². The van der Waals surface area contributed by atoms with Gasteiger partial charge in [0, 0.05) is 17.9 Å². The molecular formula is C13H17BrCl2FNO2S. The molecule has 0 heterocycles. The second-order valence-electron chi connectivity index (χ2n) is 4.45. The average molecular weight is 421 g/mol. The summed E-state index contributed by atoms with van der Waals surface area (Å²) in [6.45, 7) is 4.11. The van der Waals surface area contributed by atoms with Gasteiger partial charge in [0.1, 0.15) is 4.90 Å². The third kappa shape index (κ3) is 4.10. The topological polar surface area (TPSA) is 37.4 Å². The van der Waals surface area contributed by atoms with Gasteiger partial charge in [0.05, 0.1) is 10.0 Å².